The van der Waals surface area contributed by atoms with E-state index in [1.807, 2.05) is 31.2 Å². The van der Waals surface area contributed by atoms with Crippen LogP contribution in [-0.4, -0.2) is 41.2 Å². The molecule has 1 aliphatic heterocycles. The van der Waals surface area contributed by atoms with Crippen LogP contribution in [0.5, 0.6) is 0 Å². The maximum absolute atomic E-state index is 12.1. The van der Waals surface area contributed by atoms with Crippen LogP contribution >= 0.6 is 24.8 Å². The van der Waals surface area contributed by atoms with Crippen LogP contribution in [0.15, 0.2) is 24.3 Å². The molecule has 1 saturated heterocycles. The maximum Gasteiger partial charge on any atom is 0.240 e. The molecular weight excluding hydrogens is 327 g/mol. The number of carbonyl (C=O) groups excluding carboxylic acids is 1. The molecule has 2 heterocycles. The van der Waals surface area contributed by atoms with E-state index in [0.717, 1.165) is 16.9 Å². The van der Waals surface area contributed by atoms with Gasteiger partial charge in [0.2, 0.25) is 5.91 Å². The van der Waals surface area contributed by atoms with Crippen LogP contribution in [0, 0.1) is 0 Å². The first-order valence-corrected chi connectivity index (χ1v) is 6.80. The molecule has 0 aliphatic carbocycles. The molecule has 22 heavy (non-hydrogen) atoms. The summed E-state index contributed by atoms with van der Waals surface area (Å²) in [6.07, 6.45) is -0.112. The molecule has 1 fully saturated rings. The molecule has 3 N–H and O–H groups in total. The summed E-state index contributed by atoms with van der Waals surface area (Å²) in [7, 11) is 0. The average Bonchev–Trinajstić information content (AvgIpc) is 2.88. The molecule has 1 aliphatic rings. The fourth-order valence-corrected chi connectivity index (χ4v) is 2.40. The third kappa shape index (κ3) is 4.10. The topological polar surface area (TPSA) is 79.0 Å². The predicted molar refractivity (Wildman–Crippen MR) is 89.6 cm³/mol. The maximum atomic E-state index is 12.1. The van der Waals surface area contributed by atoms with E-state index in [1.165, 1.54) is 0 Å². The van der Waals surface area contributed by atoms with Gasteiger partial charge in [0, 0.05) is 6.54 Å². The van der Waals surface area contributed by atoms with Crippen molar-refractivity contribution in [2.45, 2.75) is 25.6 Å². The zero-order chi connectivity index (χ0) is 13.9. The normalized spacial score (nSPS) is 20.8. The third-order valence-electron chi connectivity index (χ3n) is 3.47. The molecule has 0 radical (unpaired) electrons. The summed E-state index contributed by atoms with van der Waals surface area (Å²) >= 11 is 0. The number of hydrogen-bond acceptors (Lipinski definition) is 4. The number of hydrogen-bond donors (Lipinski definition) is 3. The van der Waals surface area contributed by atoms with Crippen LogP contribution in [-0.2, 0) is 16.1 Å². The highest BCUT2D eigenvalue weighted by molar-refractivity contribution is 5.85. The molecule has 0 unspecified atom stereocenters. The van der Waals surface area contributed by atoms with Gasteiger partial charge in [-0.2, -0.15) is 0 Å². The third-order valence-corrected chi connectivity index (χ3v) is 3.47. The number of aromatic nitrogens is 2. The number of ether oxygens (including phenoxy) is 1. The molecule has 1 aromatic heterocycles. The summed E-state index contributed by atoms with van der Waals surface area (Å²) in [5, 5.41) is 6.05. The Hall–Kier alpha value is -1.34. The van der Waals surface area contributed by atoms with E-state index in [0.29, 0.717) is 19.7 Å². The number of morpholine rings is 1. The van der Waals surface area contributed by atoms with Crippen molar-refractivity contribution in [3.8, 4) is 0 Å². The smallest absolute Gasteiger partial charge is 0.240 e. The van der Waals surface area contributed by atoms with E-state index in [1.54, 1.807) is 0 Å². The molecular formula is C14H20Cl2N4O2. The average molecular weight is 347 g/mol. The minimum Gasteiger partial charge on any atom is -0.375 e. The second kappa shape index (κ2) is 8.33. The highest BCUT2D eigenvalue weighted by atomic mass is 35.5. The molecule has 8 heteroatoms. The van der Waals surface area contributed by atoms with Crippen molar-refractivity contribution in [2.24, 2.45) is 0 Å². The standard InChI is InChI=1S/C14H18N4O2.2ClH/c1-9-13(15-6-7-20-9)14(19)16-8-12-17-10-4-2-3-5-11(10)18-12;;/h2-5,9,13,15H,6-8H2,1H3,(H,16,19)(H,17,18);2*1H/t9-,13+;;/m1../s1. The summed E-state index contributed by atoms with van der Waals surface area (Å²) in [4.78, 5) is 19.7. The Morgan fingerprint density at radius 3 is 2.91 bits per heavy atom. The number of benzene rings is 1. The lowest BCUT2D eigenvalue weighted by Gasteiger charge is -2.29. The number of nitrogens with zero attached hydrogens (tertiary/aromatic N) is 1. The molecule has 3 rings (SSSR count). The van der Waals surface area contributed by atoms with Gasteiger partial charge in [-0.3, -0.25) is 4.79 Å². The number of nitrogens with one attached hydrogen (secondary N) is 3. The molecule has 122 valence electrons. The Bertz CT molecular complexity index is 587. The van der Waals surface area contributed by atoms with Gasteiger partial charge in [0.25, 0.3) is 0 Å². The molecule has 0 spiro atoms. The van der Waals surface area contributed by atoms with Gasteiger partial charge in [0.1, 0.15) is 11.9 Å². The van der Waals surface area contributed by atoms with E-state index in [9.17, 15) is 4.79 Å². The van der Waals surface area contributed by atoms with Crippen molar-refractivity contribution in [1.29, 1.82) is 0 Å². The van der Waals surface area contributed by atoms with Gasteiger partial charge in [0.15, 0.2) is 0 Å². The lowest BCUT2D eigenvalue weighted by atomic mass is 10.1. The number of amides is 1. The Labute approximate surface area is 141 Å². The largest absolute Gasteiger partial charge is 0.375 e. The molecule has 2 atom stereocenters. The van der Waals surface area contributed by atoms with Gasteiger partial charge >= 0.3 is 0 Å². The molecule has 1 amide bonds. The van der Waals surface area contributed by atoms with E-state index in [4.69, 9.17) is 4.74 Å². The Morgan fingerprint density at radius 2 is 2.18 bits per heavy atom. The highest BCUT2D eigenvalue weighted by Crippen LogP contribution is 2.10. The summed E-state index contributed by atoms with van der Waals surface area (Å²) in [6.45, 7) is 3.64. The van der Waals surface area contributed by atoms with E-state index >= 15 is 0 Å². The Morgan fingerprint density at radius 1 is 1.41 bits per heavy atom. The Balaban J connectivity index is 0.00000121. The zero-order valence-electron chi connectivity index (χ0n) is 12.2. The second-order valence-electron chi connectivity index (χ2n) is 4.93. The van der Waals surface area contributed by atoms with Crippen LogP contribution in [0.3, 0.4) is 0 Å². The number of rotatable bonds is 3. The molecule has 0 bridgehead atoms. The molecule has 2 aromatic rings. The van der Waals surface area contributed by atoms with E-state index < -0.39 is 0 Å². The van der Waals surface area contributed by atoms with Gasteiger partial charge in [-0.15, -0.1) is 24.8 Å². The van der Waals surface area contributed by atoms with Crippen molar-refractivity contribution in [2.75, 3.05) is 13.2 Å². The second-order valence-corrected chi connectivity index (χ2v) is 4.93. The van der Waals surface area contributed by atoms with Crippen molar-refractivity contribution in [3.05, 3.63) is 30.1 Å². The lowest BCUT2D eigenvalue weighted by Crippen LogP contribution is -2.55. The minimum atomic E-state index is -0.298. The van der Waals surface area contributed by atoms with Crippen molar-refractivity contribution in [1.82, 2.24) is 20.6 Å². The minimum absolute atomic E-state index is 0. The number of carbonyl (C=O) groups is 1. The fourth-order valence-electron chi connectivity index (χ4n) is 2.40. The molecule has 0 saturated carbocycles. The number of imidazole rings is 1. The Kier molecular flexibility index (Phi) is 7.09. The predicted octanol–water partition coefficient (Wildman–Crippen LogP) is 1.40. The number of aromatic amines is 1. The van der Waals surface area contributed by atoms with Gasteiger partial charge in [-0.05, 0) is 19.1 Å². The lowest BCUT2D eigenvalue weighted by molar-refractivity contribution is -0.129. The van der Waals surface area contributed by atoms with Gasteiger partial charge in [-0.1, -0.05) is 12.1 Å². The van der Waals surface area contributed by atoms with Crippen molar-refractivity contribution in [3.63, 3.8) is 0 Å². The number of fused-ring (bicyclic) bond motifs is 1. The summed E-state index contributed by atoms with van der Waals surface area (Å²) in [5.74, 6) is 0.696. The summed E-state index contributed by atoms with van der Waals surface area (Å²) < 4.78 is 5.46. The quantitative estimate of drug-likeness (QED) is 0.784. The van der Waals surface area contributed by atoms with Crippen molar-refractivity contribution >= 4 is 41.8 Å². The van der Waals surface area contributed by atoms with Gasteiger partial charge in [-0.25, -0.2) is 4.98 Å². The summed E-state index contributed by atoms with van der Waals surface area (Å²) in [6, 6.07) is 7.50. The molecule has 6 nitrogen and oxygen atoms in total. The van der Waals surface area contributed by atoms with Crippen molar-refractivity contribution < 1.29 is 9.53 Å². The van der Waals surface area contributed by atoms with Gasteiger partial charge in [0.05, 0.1) is 30.3 Å². The highest BCUT2D eigenvalue weighted by Gasteiger charge is 2.28. The van der Waals surface area contributed by atoms with E-state index in [2.05, 4.69) is 20.6 Å². The number of para-hydroxylation sites is 2. The van der Waals surface area contributed by atoms with Crippen LogP contribution in [0.1, 0.15) is 12.7 Å². The van der Waals surface area contributed by atoms with Crippen LogP contribution in [0.25, 0.3) is 11.0 Å². The molecule has 1 aromatic carbocycles. The first kappa shape index (κ1) is 18.7. The van der Waals surface area contributed by atoms with Gasteiger partial charge < -0.3 is 20.4 Å². The van der Waals surface area contributed by atoms with Crippen LogP contribution < -0.4 is 10.6 Å². The number of halogens is 2. The number of H-pyrrole nitrogens is 1. The summed E-state index contributed by atoms with van der Waals surface area (Å²) in [5.41, 5.74) is 1.88. The SMILES string of the molecule is C[C@H]1OCCN[C@@H]1C(=O)NCc1nc2ccccc2[nH]1.Cl.Cl. The van der Waals surface area contributed by atoms with E-state index in [-0.39, 0.29) is 42.9 Å². The first-order chi connectivity index (χ1) is 9.74. The van der Waals surface area contributed by atoms with Crippen LogP contribution in [0.4, 0.5) is 0 Å². The van der Waals surface area contributed by atoms with Crippen LogP contribution in [0.2, 0.25) is 0 Å². The first-order valence-electron chi connectivity index (χ1n) is 6.80. The fraction of sp³-hybridized carbons (Fsp3) is 0.429. The monoisotopic (exact) mass is 346 g/mol. The zero-order valence-corrected chi connectivity index (χ0v) is 13.8.